The number of carbonyl (C=O) groups is 1. The summed E-state index contributed by atoms with van der Waals surface area (Å²) in [5.41, 5.74) is 4.09. The van der Waals surface area contributed by atoms with Gasteiger partial charge in [0.05, 0.1) is 12.5 Å². The van der Waals surface area contributed by atoms with Gasteiger partial charge < -0.3 is 9.84 Å². The van der Waals surface area contributed by atoms with Gasteiger partial charge in [0.15, 0.2) is 0 Å². The van der Waals surface area contributed by atoms with E-state index in [2.05, 4.69) is 19.1 Å². The molecule has 0 aromatic heterocycles. The molecule has 3 nitrogen and oxygen atoms in total. The van der Waals surface area contributed by atoms with E-state index in [4.69, 9.17) is 4.74 Å². The fourth-order valence-corrected chi connectivity index (χ4v) is 2.70. The second-order valence-electron chi connectivity index (χ2n) is 5.72. The summed E-state index contributed by atoms with van der Waals surface area (Å²) >= 11 is 0. The average Bonchev–Trinajstić information content (AvgIpc) is 2.55. The van der Waals surface area contributed by atoms with Crippen molar-refractivity contribution in [3.8, 4) is 5.75 Å². The van der Waals surface area contributed by atoms with Gasteiger partial charge >= 0.3 is 5.97 Å². The smallest absolute Gasteiger partial charge is 0.311 e. The molecular formula is C20H24O3. The second-order valence-corrected chi connectivity index (χ2v) is 5.72. The first kappa shape index (κ1) is 17.1. The van der Waals surface area contributed by atoms with Gasteiger partial charge in [0.2, 0.25) is 0 Å². The van der Waals surface area contributed by atoms with Gasteiger partial charge in [-0.2, -0.15) is 0 Å². The zero-order valence-electron chi connectivity index (χ0n) is 14.0. The highest BCUT2D eigenvalue weighted by molar-refractivity contribution is 5.76. The molecule has 2 aromatic rings. The average molecular weight is 312 g/mol. The van der Waals surface area contributed by atoms with Crippen molar-refractivity contribution in [2.75, 3.05) is 6.61 Å². The van der Waals surface area contributed by atoms with Crippen LogP contribution in [-0.2, 0) is 17.6 Å². The molecule has 0 saturated heterocycles. The Labute approximate surface area is 137 Å². The van der Waals surface area contributed by atoms with Crippen LogP contribution in [0.3, 0.4) is 0 Å². The second kappa shape index (κ2) is 7.82. The Morgan fingerprint density at radius 2 is 1.74 bits per heavy atom. The standard InChI is InChI=1S/C20H24O3/c1-4-15-6-8-16(9-7-15)13-18(20(21)22)17-10-11-19(23-5-2)14(3)12-17/h6-12,18H,4-5,13H2,1-3H3,(H,21,22). The molecule has 0 aliphatic carbocycles. The van der Waals surface area contributed by atoms with Crippen LogP contribution >= 0.6 is 0 Å². The number of benzene rings is 2. The number of carboxylic acids is 1. The van der Waals surface area contributed by atoms with Crippen LogP contribution < -0.4 is 4.74 Å². The molecule has 0 saturated carbocycles. The van der Waals surface area contributed by atoms with E-state index in [1.807, 2.05) is 44.2 Å². The number of carboxylic acid groups (broad SMARTS) is 1. The molecule has 0 fully saturated rings. The van der Waals surface area contributed by atoms with Crippen molar-refractivity contribution in [1.29, 1.82) is 0 Å². The van der Waals surface area contributed by atoms with Crippen LogP contribution in [0.4, 0.5) is 0 Å². The third-order valence-electron chi connectivity index (χ3n) is 4.07. The number of aryl methyl sites for hydroxylation is 2. The van der Waals surface area contributed by atoms with Crippen LogP contribution in [0.25, 0.3) is 0 Å². The van der Waals surface area contributed by atoms with Crippen LogP contribution in [0.15, 0.2) is 42.5 Å². The van der Waals surface area contributed by atoms with E-state index in [0.29, 0.717) is 13.0 Å². The molecule has 1 unspecified atom stereocenters. The Morgan fingerprint density at radius 3 is 2.26 bits per heavy atom. The maximum Gasteiger partial charge on any atom is 0.311 e. The third-order valence-corrected chi connectivity index (χ3v) is 4.07. The van der Waals surface area contributed by atoms with Gasteiger partial charge in [0, 0.05) is 0 Å². The summed E-state index contributed by atoms with van der Waals surface area (Å²) in [5.74, 6) is -0.530. The summed E-state index contributed by atoms with van der Waals surface area (Å²) < 4.78 is 5.53. The number of ether oxygens (including phenoxy) is 1. The van der Waals surface area contributed by atoms with Crippen molar-refractivity contribution in [1.82, 2.24) is 0 Å². The van der Waals surface area contributed by atoms with Crippen LogP contribution in [0.5, 0.6) is 5.75 Å². The largest absolute Gasteiger partial charge is 0.494 e. The van der Waals surface area contributed by atoms with E-state index in [-0.39, 0.29) is 0 Å². The lowest BCUT2D eigenvalue weighted by Gasteiger charge is -2.15. The summed E-state index contributed by atoms with van der Waals surface area (Å²) in [6, 6.07) is 13.8. The summed E-state index contributed by atoms with van der Waals surface area (Å²) in [5, 5.41) is 9.62. The minimum atomic E-state index is -0.798. The Kier molecular flexibility index (Phi) is 5.80. The molecule has 2 rings (SSSR count). The highest BCUT2D eigenvalue weighted by Gasteiger charge is 2.21. The van der Waals surface area contributed by atoms with E-state index >= 15 is 0 Å². The van der Waals surface area contributed by atoms with Gasteiger partial charge in [-0.3, -0.25) is 4.79 Å². The quantitative estimate of drug-likeness (QED) is 0.826. The molecule has 0 heterocycles. The minimum absolute atomic E-state index is 0.493. The Bertz CT molecular complexity index is 659. The third kappa shape index (κ3) is 4.35. The lowest BCUT2D eigenvalue weighted by molar-refractivity contribution is -0.138. The molecule has 1 N–H and O–H groups in total. The Morgan fingerprint density at radius 1 is 1.09 bits per heavy atom. The summed E-state index contributed by atoms with van der Waals surface area (Å²) in [6.07, 6.45) is 1.48. The predicted molar refractivity (Wildman–Crippen MR) is 92.2 cm³/mol. The first-order valence-electron chi connectivity index (χ1n) is 8.09. The van der Waals surface area contributed by atoms with Gasteiger partial charge in [0.1, 0.15) is 5.75 Å². The topological polar surface area (TPSA) is 46.5 Å². The van der Waals surface area contributed by atoms with Crippen molar-refractivity contribution < 1.29 is 14.6 Å². The number of hydrogen-bond acceptors (Lipinski definition) is 2. The molecule has 0 aliphatic heterocycles. The maximum absolute atomic E-state index is 11.7. The molecule has 122 valence electrons. The van der Waals surface area contributed by atoms with Crippen molar-refractivity contribution in [3.63, 3.8) is 0 Å². The van der Waals surface area contributed by atoms with Crippen LogP contribution in [-0.4, -0.2) is 17.7 Å². The SMILES string of the molecule is CCOc1ccc(C(Cc2ccc(CC)cc2)C(=O)O)cc1C. The van der Waals surface area contributed by atoms with Gasteiger partial charge in [-0.25, -0.2) is 0 Å². The summed E-state index contributed by atoms with van der Waals surface area (Å²) in [6.45, 7) is 6.60. The molecule has 0 radical (unpaired) electrons. The zero-order valence-corrected chi connectivity index (χ0v) is 14.0. The highest BCUT2D eigenvalue weighted by Crippen LogP contribution is 2.27. The van der Waals surface area contributed by atoms with E-state index in [1.165, 1.54) is 5.56 Å². The van der Waals surface area contributed by atoms with Gasteiger partial charge in [-0.1, -0.05) is 43.3 Å². The normalized spacial score (nSPS) is 12.0. The molecule has 0 aliphatic rings. The molecule has 0 bridgehead atoms. The molecule has 0 spiro atoms. The lowest BCUT2D eigenvalue weighted by Crippen LogP contribution is -2.15. The molecular weight excluding hydrogens is 288 g/mol. The monoisotopic (exact) mass is 312 g/mol. The van der Waals surface area contributed by atoms with Gasteiger partial charge in [-0.15, -0.1) is 0 Å². The highest BCUT2D eigenvalue weighted by atomic mass is 16.5. The Hall–Kier alpha value is -2.29. The number of hydrogen-bond donors (Lipinski definition) is 1. The Balaban J connectivity index is 2.23. The van der Waals surface area contributed by atoms with E-state index < -0.39 is 11.9 Å². The van der Waals surface area contributed by atoms with Crippen LogP contribution in [0.2, 0.25) is 0 Å². The van der Waals surface area contributed by atoms with E-state index in [9.17, 15) is 9.90 Å². The van der Waals surface area contributed by atoms with E-state index in [1.54, 1.807) is 0 Å². The zero-order chi connectivity index (χ0) is 16.8. The summed E-state index contributed by atoms with van der Waals surface area (Å²) in [4.78, 5) is 11.7. The van der Waals surface area contributed by atoms with Crippen molar-refractivity contribution >= 4 is 5.97 Å². The fourth-order valence-electron chi connectivity index (χ4n) is 2.70. The number of rotatable bonds is 7. The van der Waals surface area contributed by atoms with Crippen LogP contribution in [0.1, 0.15) is 42.0 Å². The maximum atomic E-state index is 11.7. The number of aliphatic carboxylic acids is 1. The predicted octanol–water partition coefficient (Wildman–Crippen LogP) is 4.37. The van der Waals surface area contributed by atoms with E-state index in [0.717, 1.165) is 28.9 Å². The van der Waals surface area contributed by atoms with Gasteiger partial charge in [0.25, 0.3) is 0 Å². The molecule has 3 heteroatoms. The first-order chi connectivity index (χ1) is 11.0. The van der Waals surface area contributed by atoms with Crippen molar-refractivity contribution in [2.24, 2.45) is 0 Å². The fraction of sp³-hybridized carbons (Fsp3) is 0.350. The van der Waals surface area contributed by atoms with Crippen molar-refractivity contribution in [3.05, 3.63) is 64.7 Å². The minimum Gasteiger partial charge on any atom is -0.494 e. The van der Waals surface area contributed by atoms with Gasteiger partial charge in [-0.05, 0) is 55.0 Å². The molecule has 23 heavy (non-hydrogen) atoms. The lowest BCUT2D eigenvalue weighted by atomic mass is 9.90. The van der Waals surface area contributed by atoms with Crippen LogP contribution in [0, 0.1) is 6.92 Å². The summed E-state index contributed by atoms with van der Waals surface area (Å²) in [7, 11) is 0. The molecule has 0 amide bonds. The molecule has 1 atom stereocenters. The first-order valence-corrected chi connectivity index (χ1v) is 8.09. The van der Waals surface area contributed by atoms with Crippen molar-refractivity contribution in [2.45, 2.75) is 39.5 Å². The molecule has 2 aromatic carbocycles.